The van der Waals surface area contributed by atoms with Gasteiger partial charge < -0.3 is 16.0 Å². The van der Waals surface area contributed by atoms with Crippen molar-refractivity contribution in [3.05, 3.63) is 46.1 Å². The number of hydrogen-bond acceptors (Lipinski definition) is 6. The van der Waals surface area contributed by atoms with Crippen LogP contribution < -0.4 is 16.5 Å². The summed E-state index contributed by atoms with van der Waals surface area (Å²) in [6, 6.07) is 9.72. The van der Waals surface area contributed by atoms with E-state index in [1.807, 2.05) is 37.3 Å². The van der Waals surface area contributed by atoms with Gasteiger partial charge in [0.05, 0.1) is 10.9 Å². The number of anilines is 1. The second-order valence-electron chi connectivity index (χ2n) is 7.43. The van der Waals surface area contributed by atoms with E-state index in [2.05, 4.69) is 27.6 Å². The highest BCUT2D eigenvalue weighted by Gasteiger charge is 2.17. The molecule has 0 aliphatic heterocycles. The number of rotatable bonds is 8. The Morgan fingerprint density at radius 3 is 2.82 bits per heavy atom. The van der Waals surface area contributed by atoms with Gasteiger partial charge >= 0.3 is 0 Å². The minimum absolute atomic E-state index is 0.0293. The number of aromatic nitrogens is 3. The maximum absolute atomic E-state index is 13.3. The van der Waals surface area contributed by atoms with Crippen LogP contribution >= 0.6 is 0 Å². The maximum Gasteiger partial charge on any atom is 0.199 e. The molecule has 7 nitrogen and oxygen atoms in total. The number of pyridine rings is 1. The topological polar surface area (TPSA) is 88.5 Å². The summed E-state index contributed by atoms with van der Waals surface area (Å²) in [5.41, 5.74) is 9.81. The highest BCUT2D eigenvalue weighted by Crippen LogP contribution is 2.27. The van der Waals surface area contributed by atoms with Crippen molar-refractivity contribution in [2.24, 2.45) is 5.73 Å². The summed E-state index contributed by atoms with van der Waals surface area (Å²) in [5.74, 6) is 0. The Morgan fingerprint density at radius 2 is 2.00 bits per heavy atom. The molecule has 0 bridgehead atoms. The number of fused-ring (bicyclic) bond motifs is 2. The molecule has 0 amide bonds. The summed E-state index contributed by atoms with van der Waals surface area (Å²) in [5, 5.41) is 13.3. The zero-order chi connectivity index (χ0) is 19.7. The Hall–Kier alpha value is -2.77. The molecule has 0 fully saturated rings. The number of aryl methyl sites for hydroxylation is 1. The van der Waals surface area contributed by atoms with E-state index in [1.54, 1.807) is 4.52 Å². The van der Waals surface area contributed by atoms with E-state index in [9.17, 15) is 4.79 Å². The Labute approximate surface area is 163 Å². The third-order valence-corrected chi connectivity index (χ3v) is 5.24. The molecule has 7 heteroatoms. The van der Waals surface area contributed by atoms with Crippen LogP contribution in [0.25, 0.3) is 27.3 Å². The van der Waals surface area contributed by atoms with Crippen LogP contribution in [0.4, 0.5) is 5.69 Å². The molecule has 2 aromatic carbocycles. The lowest BCUT2D eigenvalue weighted by molar-refractivity contribution is 0.330. The standard InChI is InChI=1S/C21H26N6O/c1-14-5-8-18-15(13-14)21(28)19-16(6-7-17-20(19)27(18)25-24-17)23-10-4-12-26(2)11-3-9-22/h5-8,13,23H,3-4,9-12,22H2,1-2H3. The molecule has 3 N–H and O–H groups in total. The van der Waals surface area contributed by atoms with E-state index in [0.717, 1.165) is 66.8 Å². The third-order valence-electron chi connectivity index (χ3n) is 5.24. The second kappa shape index (κ2) is 7.69. The van der Waals surface area contributed by atoms with Crippen LogP contribution in [-0.4, -0.2) is 53.0 Å². The van der Waals surface area contributed by atoms with E-state index in [0.29, 0.717) is 10.8 Å². The van der Waals surface area contributed by atoms with Gasteiger partial charge in [0, 0.05) is 17.6 Å². The summed E-state index contributed by atoms with van der Waals surface area (Å²) in [4.78, 5) is 15.6. The first-order valence-corrected chi connectivity index (χ1v) is 9.77. The lowest BCUT2D eigenvalue weighted by atomic mass is 10.1. The van der Waals surface area contributed by atoms with Crippen molar-refractivity contribution in [2.75, 3.05) is 38.5 Å². The summed E-state index contributed by atoms with van der Waals surface area (Å²) in [7, 11) is 2.11. The molecular formula is C21H26N6O. The molecule has 0 atom stereocenters. The Kier molecular flexibility index (Phi) is 5.11. The molecule has 4 rings (SSSR count). The first-order valence-electron chi connectivity index (χ1n) is 9.77. The van der Waals surface area contributed by atoms with Crippen LogP contribution in [0.2, 0.25) is 0 Å². The van der Waals surface area contributed by atoms with Crippen LogP contribution in [0.3, 0.4) is 0 Å². The van der Waals surface area contributed by atoms with E-state index < -0.39 is 0 Å². The Bertz CT molecular complexity index is 1170. The molecule has 2 aromatic heterocycles. The number of nitrogens with two attached hydrogens (primary N) is 1. The first-order chi connectivity index (χ1) is 13.6. The predicted octanol–water partition coefficient (Wildman–Crippen LogP) is 2.22. The van der Waals surface area contributed by atoms with Gasteiger partial charge in [-0.25, -0.2) is 4.52 Å². The smallest absolute Gasteiger partial charge is 0.199 e. The normalized spacial score (nSPS) is 12.0. The van der Waals surface area contributed by atoms with Crippen molar-refractivity contribution in [2.45, 2.75) is 19.8 Å². The third kappa shape index (κ3) is 3.27. The minimum Gasteiger partial charge on any atom is -0.384 e. The summed E-state index contributed by atoms with van der Waals surface area (Å²) < 4.78 is 1.78. The van der Waals surface area contributed by atoms with Crippen LogP contribution in [-0.2, 0) is 0 Å². The van der Waals surface area contributed by atoms with E-state index >= 15 is 0 Å². The summed E-state index contributed by atoms with van der Waals surface area (Å²) in [6.45, 7) is 5.50. The SMILES string of the molecule is Cc1ccc2c(c1)c(=O)c1c(NCCCN(C)CCCN)ccc3nnn2c31. The van der Waals surface area contributed by atoms with Gasteiger partial charge in [0.15, 0.2) is 5.43 Å². The van der Waals surface area contributed by atoms with Crippen LogP contribution in [0.15, 0.2) is 35.1 Å². The van der Waals surface area contributed by atoms with Crippen molar-refractivity contribution in [3.63, 3.8) is 0 Å². The van der Waals surface area contributed by atoms with E-state index in [1.165, 1.54) is 0 Å². The quantitative estimate of drug-likeness (QED) is 0.361. The van der Waals surface area contributed by atoms with Crippen molar-refractivity contribution in [1.29, 1.82) is 0 Å². The lowest BCUT2D eigenvalue weighted by Crippen LogP contribution is -2.24. The molecule has 0 saturated heterocycles. The monoisotopic (exact) mass is 378 g/mol. The van der Waals surface area contributed by atoms with Crippen LogP contribution in [0.1, 0.15) is 18.4 Å². The van der Waals surface area contributed by atoms with Gasteiger partial charge in [-0.15, -0.1) is 5.10 Å². The van der Waals surface area contributed by atoms with E-state index in [-0.39, 0.29) is 5.43 Å². The van der Waals surface area contributed by atoms with Crippen LogP contribution in [0.5, 0.6) is 0 Å². The predicted molar refractivity (Wildman–Crippen MR) is 114 cm³/mol. The van der Waals surface area contributed by atoms with Gasteiger partial charge in [-0.1, -0.05) is 16.8 Å². The lowest BCUT2D eigenvalue weighted by Gasteiger charge is -2.16. The molecule has 146 valence electrons. The van der Waals surface area contributed by atoms with E-state index in [4.69, 9.17) is 5.73 Å². The zero-order valence-corrected chi connectivity index (χ0v) is 16.4. The van der Waals surface area contributed by atoms with Gasteiger partial charge in [-0.2, -0.15) is 0 Å². The Balaban J connectivity index is 1.66. The first kappa shape index (κ1) is 18.6. The second-order valence-corrected chi connectivity index (χ2v) is 7.43. The molecule has 0 aliphatic carbocycles. The average molecular weight is 378 g/mol. The molecule has 0 unspecified atom stereocenters. The zero-order valence-electron chi connectivity index (χ0n) is 16.4. The summed E-state index contributed by atoms with van der Waals surface area (Å²) >= 11 is 0. The number of hydrogen-bond donors (Lipinski definition) is 2. The molecule has 0 radical (unpaired) electrons. The highest BCUT2D eigenvalue weighted by molar-refractivity contribution is 6.06. The molecule has 4 aromatic rings. The van der Waals surface area contributed by atoms with Crippen molar-refractivity contribution in [3.8, 4) is 0 Å². The maximum atomic E-state index is 13.3. The number of nitrogens with one attached hydrogen (secondary N) is 1. The average Bonchev–Trinajstić information content (AvgIpc) is 3.12. The van der Waals surface area contributed by atoms with Gasteiger partial charge in [-0.05, 0) is 70.7 Å². The molecule has 28 heavy (non-hydrogen) atoms. The molecule has 0 aliphatic rings. The van der Waals surface area contributed by atoms with Gasteiger partial charge in [0.1, 0.15) is 11.0 Å². The number of nitrogens with zero attached hydrogens (tertiary/aromatic N) is 4. The van der Waals surface area contributed by atoms with Gasteiger partial charge in [0.25, 0.3) is 0 Å². The van der Waals surface area contributed by atoms with Gasteiger partial charge in [0.2, 0.25) is 0 Å². The number of benzene rings is 2. The molecular weight excluding hydrogens is 352 g/mol. The molecule has 0 spiro atoms. The highest BCUT2D eigenvalue weighted by atomic mass is 16.1. The van der Waals surface area contributed by atoms with Crippen molar-refractivity contribution >= 4 is 33.0 Å². The fourth-order valence-electron chi connectivity index (χ4n) is 3.75. The van der Waals surface area contributed by atoms with Crippen LogP contribution in [0, 0.1) is 6.92 Å². The fraction of sp³-hybridized carbons (Fsp3) is 0.381. The van der Waals surface area contributed by atoms with Gasteiger partial charge in [-0.3, -0.25) is 4.79 Å². The Morgan fingerprint density at radius 1 is 1.18 bits per heavy atom. The minimum atomic E-state index is 0.0293. The summed E-state index contributed by atoms with van der Waals surface area (Å²) in [6.07, 6.45) is 2.00. The molecule has 0 saturated carbocycles. The molecule has 2 heterocycles. The van der Waals surface area contributed by atoms with Crippen molar-refractivity contribution < 1.29 is 0 Å². The fourth-order valence-corrected chi connectivity index (χ4v) is 3.75. The van der Waals surface area contributed by atoms with Crippen molar-refractivity contribution in [1.82, 2.24) is 19.7 Å². The largest absolute Gasteiger partial charge is 0.384 e.